The number of rotatable bonds is 81. The van der Waals surface area contributed by atoms with Gasteiger partial charge >= 0.3 is 39.5 Å². The van der Waals surface area contributed by atoms with Gasteiger partial charge in [0.15, 0.2) is 12.2 Å². The van der Waals surface area contributed by atoms with Crippen molar-refractivity contribution in [3.8, 4) is 0 Å². The highest BCUT2D eigenvalue weighted by molar-refractivity contribution is 7.47. The van der Waals surface area contributed by atoms with E-state index in [4.69, 9.17) is 37.0 Å². The zero-order valence-corrected chi connectivity index (χ0v) is 69.7. The molecule has 0 aromatic heterocycles. The van der Waals surface area contributed by atoms with Crippen molar-refractivity contribution >= 4 is 39.5 Å². The van der Waals surface area contributed by atoms with Crippen molar-refractivity contribution in [3.63, 3.8) is 0 Å². The molecule has 0 rings (SSSR count). The first-order chi connectivity index (χ1) is 49.6. The van der Waals surface area contributed by atoms with Gasteiger partial charge in [-0.1, -0.05) is 383 Å². The van der Waals surface area contributed by atoms with E-state index in [9.17, 15) is 43.2 Å². The standard InChI is InChI=1S/C84H164O17P2/c1-9-77(8)63-55-47-39-31-27-23-19-15-11-13-17-21-25-29-33-41-51-59-67-84(89)101-80(71-95-82(87)65-57-49-43-35-38-46-54-62-76(6)7)73-99-103(92,93)97-69-78(85)68-96-102(90,91)98-72-79(70-94-81(86)64-56-48-42-34-37-45-53-61-75(4)5)100-83(88)66-58-50-40-32-28-24-20-16-12-10-14-18-22-26-30-36-44-52-60-74(2)3/h74-80,85H,9-73H2,1-8H3,(H,90,91)(H,92,93)/t77?,78?,79-,80-/m1/s1. The second kappa shape index (κ2) is 72.9. The van der Waals surface area contributed by atoms with Gasteiger partial charge in [-0.25, -0.2) is 9.13 Å². The van der Waals surface area contributed by atoms with E-state index < -0.39 is 97.5 Å². The van der Waals surface area contributed by atoms with Crippen molar-refractivity contribution in [3.05, 3.63) is 0 Å². The number of carbonyl (C=O) groups is 4. The number of phosphoric ester groups is 2. The van der Waals surface area contributed by atoms with Gasteiger partial charge in [-0.3, -0.25) is 37.3 Å². The molecule has 0 aromatic carbocycles. The molecule has 0 aliphatic heterocycles. The smallest absolute Gasteiger partial charge is 0.462 e. The van der Waals surface area contributed by atoms with E-state index in [2.05, 4.69) is 55.4 Å². The molecule has 3 N–H and O–H groups in total. The van der Waals surface area contributed by atoms with Gasteiger partial charge in [0.25, 0.3) is 0 Å². The molecule has 0 bridgehead atoms. The lowest BCUT2D eigenvalue weighted by molar-refractivity contribution is -0.161. The minimum atomic E-state index is -4.96. The number of esters is 4. The summed E-state index contributed by atoms with van der Waals surface area (Å²) >= 11 is 0. The zero-order valence-electron chi connectivity index (χ0n) is 68.0. The van der Waals surface area contributed by atoms with Crippen molar-refractivity contribution in [2.75, 3.05) is 39.6 Å². The molecule has 0 amide bonds. The van der Waals surface area contributed by atoms with Gasteiger partial charge in [-0.2, -0.15) is 0 Å². The summed E-state index contributed by atoms with van der Waals surface area (Å²) in [5.74, 6) is 0.987. The first-order valence-electron chi connectivity index (χ1n) is 43.2. The van der Waals surface area contributed by atoms with E-state index in [-0.39, 0.29) is 25.7 Å². The third kappa shape index (κ3) is 76.6. The van der Waals surface area contributed by atoms with Crippen LogP contribution in [0.25, 0.3) is 0 Å². The molecule has 0 aliphatic carbocycles. The van der Waals surface area contributed by atoms with Gasteiger partial charge < -0.3 is 33.8 Å². The van der Waals surface area contributed by atoms with Crippen molar-refractivity contribution in [2.24, 2.45) is 23.7 Å². The Labute approximate surface area is 632 Å². The number of phosphoric acid groups is 2. The fraction of sp³-hybridized carbons (Fsp3) is 0.952. The van der Waals surface area contributed by atoms with Gasteiger partial charge in [0.2, 0.25) is 0 Å². The Kier molecular flexibility index (Phi) is 71.5. The Morgan fingerprint density at radius 3 is 0.689 bits per heavy atom. The van der Waals surface area contributed by atoms with Crippen molar-refractivity contribution in [1.29, 1.82) is 0 Å². The van der Waals surface area contributed by atoms with Crippen molar-refractivity contribution in [2.45, 2.75) is 453 Å². The predicted octanol–water partition coefficient (Wildman–Crippen LogP) is 25.2. The molecular weight excluding hydrogens is 1340 g/mol. The van der Waals surface area contributed by atoms with Crippen LogP contribution < -0.4 is 0 Å². The predicted molar refractivity (Wildman–Crippen MR) is 423 cm³/mol. The summed E-state index contributed by atoms with van der Waals surface area (Å²) in [6, 6.07) is 0. The number of hydrogen-bond acceptors (Lipinski definition) is 15. The topological polar surface area (TPSA) is 237 Å². The van der Waals surface area contributed by atoms with Crippen LogP contribution in [-0.4, -0.2) is 96.7 Å². The summed E-state index contributed by atoms with van der Waals surface area (Å²) in [5.41, 5.74) is 0. The molecule has 612 valence electrons. The van der Waals surface area contributed by atoms with Crippen LogP contribution in [-0.2, 0) is 65.4 Å². The second-order valence-corrected chi connectivity index (χ2v) is 34.8. The highest BCUT2D eigenvalue weighted by atomic mass is 31.2. The van der Waals surface area contributed by atoms with Gasteiger partial charge in [0.05, 0.1) is 26.4 Å². The van der Waals surface area contributed by atoms with Gasteiger partial charge in [-0.05, 0) is 49.4 Å². The normalized spacial score (nSPS) is 14.2. The number of aliphatic hydroxyl groups excluding tert-OH is 1. The van der Waals surface area contributed by atoms with Gasteiger partial charge in [-0.15, -0.1) is 0 Å². The van der Waals surface area contributed by atoms with E-state index in [1.54, 1.807) is 0 Å². The molecule has 103 heavy (non-hydrogen) atoms. The second-order valence-electron chi connectivity index (χ2n) is 31.9. The molecule has 0 fully saturated rings. The molecule has 0 saturated heterocycles. The SMILES string of the molecule is CCC(C)CCCCCCCCCCCCCCCCCCCCC(=O)O[C@H](COC(=O)CCCCCCCCCC(C)C)COP(=O)(O)OCC(O)COP(=O)(O)OC[C@@H](COC(=O)CCCCCCCCCC(C)C)OC(=O)CCCCCCCCCCCCCCCCCCCCC(C)C. The van der Waals surface area contributed by atoms with E-state index in [0.29, 0.717) is 37.5 Å². The molecule has 17 nitrogen and oxygen atoms in total. The minimum absolute atomic E-state index is 0.107. The summed E-state index contributed by atoms with van der Waals surface area (Å²) in [5, 5.41) is 10.6. The van der Waals surface area contributed by atoms with E-state index in [1.807, 2.05) is 0 Å². The van der Waals surface area contributed by atoms with Crippen LogP contribution in [0.1, 0.15) is 434 Å². The summed E-state index contributed by atoms with van der Waals surface area (Å²) in [4.78, 5) is 73.0. The summed E-state index contributed by atoms with van der Waals surface area (Å²) < 4.78 is 68.7. The molecule has 4 unspecified atom stereocenters. The minimum Gasteiger partial charge on any atom is -0.462 e. The average Bonchev–Trinajstić information content (AvgIpc) is 0.955. The molecular formula is C84H164O17P2. The Morgan fingerprint density at radius 1 is 0.272 bits per heavy atom. The molecule has 19 heteroatoms. The monoisotopic (exact) mass is 1510 g/mol. The van der Waals surface area contributed by atoms with E-state index in [0.717, 1.165) is 115 Å². The van der Waals surface area contributed by atoms with Gasteiger partial charge in [0, 0.05) is 25.7 Å². The highest BCUT2D eigenvalue weighted by Gasteiger charge is 2.30. The molecule has 0 heterocycles. The molecule has 0 aliphatic rings. The van der Waals surface area contributed by atoms with Crippen LogP contribution in [0.5, 0.6) is 0 Å². The Hall–Kier alpha value is -1.94. The number of carbonyl (C=O) groups excluding carboxylic acids is 4. The maximum atomic E-state index is 13.1. The molecule has 0 radical (unpaired) electrons. The van der Waals surface area contributed by atoms with Crippen LogP contribution in [0, 0.1) is 23.7 Å². The zero-order chi connectivity index (χ0) is 76.0. The first kappa shape index (κ1) is 101. The Balaban J connectivity index is 5.13. The summed E-state index contributed by atoms with van der Waals surface area (Å²) in [6.07, 6.45) is 61.4. The van der Waals surface area contributed by atoms with Crippen LogP contribution in [0.15, 0.2) is 0 Å². The summed E-state index contributed by atoms with van der Waals surface area (Å²) in [6.45, 7) is 14.2. The lowest BCUT2D eigenvalue weighted by Crippen LogP contribution is -2.30. The van der Waals surface area contributed by atoms with E-state index in [1.165, 1.54) is 225 Å². The fourth-order valence-corrected chi connectivity index (χ4v) is 14.5. The first-order valence-corrected chi connectivity index (χ1v) is 46.2. The number of aliphatic hydroxyl groups is 1. The average molecular weight is 1510 g/mol. The Bertz CT molecular complexity index is 2010. The fourth-order valence-electron chi connectivity index (χ4n) is 12.9. The van der Waals surface area contributed by atoms with Crippen LogP contribution in [0.4, 0.5) is 0 Å². The van der Waals surface area contributed by atoms with E-state index >= 15 is 0 Å². The highest BCUT2D eigenvalue weighted by Crippen LogP contribution is 2.45. The van der Waals surface area contributed by atoms with Crippen LogP contribution in [0.3, 0.4) is 0 Å². The van der Waals surface area contributed by atoms with Crippen molar-refractivity contribution in [1.82, 2.24) is 0 Å². The lowest BCUT2D eigenvalue weighted by atomic mass is 9.99. The van der Waals surface area contributed by atoms with Crippen LogP contribution >= 0.6 is 15.6 Å². The number of ether oxygens (including phenoxy) is 4. The summed E-state index contributed by atoms with van der Waals surface area (Å²) in [7, 11) is -9.92. The maximum absolute atomic E-state index is 13.1. The largest absolute Gasteiger partial charge is 0.472 e. The third-order valence-electron chi connectivity index (χ3n) is 19.9. The number of hydrogen-bond donors (Lipinski definition) is 3. The number of unbranched alkanes of at least 4 members (excludes halogenated alkanes) is 46. The molecule has 0 saturated carbocycles. The Morgan fingerprint density at radius 2 is 0.466 bits per heavy atom. The third-order valence-corrected chi connectivity index (χ3v) is 21.8. The quantitative estimate of drug-likeness (QED) is 0.0222. The molecule has 6 atom stereocenters. The molecule has 0 spiro atoms. The maximum Gasteiger partial charge on any atom is 0.472 e. The van der Waals surface area contributed by atoms with Crippen molar-refractivity contribution < 1.29 is 80.2 Å². The lowest BCUT2D eigenvalue weighted by Gasteiger charge is -2.21. The van der Waals surface area contributed by atoms with Gasteiger partial charge in [0.1, 0.15) is 19.3 Å². The van der Waals surface area contributed by atoms with Crippen LogP contribution in [0.2, 0.25) is 0 Å². The molecule has 0 aromatic rings.